The van der Waals surface area contributed by atoms with E-state index in [1.54, 1.807) is 24.3 Å². The van der Waals surface area contributed by atoms with Crippen LogP contribution in [0.2, 0.25) is 0 Å². The molecular formula is C14H26N4O2S. The van der Waals surface area contributed by atoms with Crippen molar-refractivity contribution < 1.29 is 8.42 Å². The van der Waals surface area contributed by atoms with Crippen LogP contribution in [0, 0.1) is 5.92 Å². The van der Waals surface area contributed by atoms with Gasteiger partial charge in [0.15, 0.2) is 0 Å². The van der Waals surface area contributed by atoms with E-state index in [-0.39, 0.29) is 5.25 Å². The molecule has 0 unspecified atom stereocenters. The van der Waals surface area contributed by atoms with Crippen molar-refractivity contribution in [1.82, 2.24) is 19.2 Å². The van der Waals surface area contributed by atoms with Crippen molar-refractivity contribution in [2.45, 2.75) is 45.0 Å². The molecule has 1 N–H and O–H groups in total. The molecule has 1 aromatic rings. The quantitative estimate of drug-likeness (QED) is 0.879. The van der Waals surface area contributed by atoms with Gasteiger partial charge in [-0.1, -0.05) is 6.92 Å². The number of rotatable bonds is 5. The van der Waals surface area contributed by atoms with E-state index in [1.165, 1.54) is 0 Å². The second-order valence-corrected chi connectivity index (χ2v) is 8.65. The van der Waals surface area contributed by atoms with Gasteiger partial charge in [-0.3, -0.25) is 0 Å². The summed E-state index contributed by atoms with van der Waals surface area (Å²) in [6.07, 6.45) is 4.56. The number of aromatic nitrogens is 2. The van der Waals surface area contributed by atoms with E-state index in [4.69, 9.17) is 0 Å². The van der Waals surface area contributed by atoms with Crippen molar-refractivity contribution in [3.8, 4) is 0 Å². The molecule has 2 heterocycles. The van der Waals surface area contributed by atoms with E-state index in [1.807, 2.05) is 17.8 Å². The summed E-state index contributed by atoms with van der Waals surface area (Å²) in [5.41, 5.74) is 0. The zero-order chi connectivity index (χ0) is 15.6. The molecule has 0 bridgehead atoms. The van der Waals surface area contributed by atoms with Gasteiger partial charge in [0.05, 0.1) is 11.8 Å². The van der Waals surface area contributed by atoms with E-state index in [0.29, 0.717) is 25.0 Å². The topological polar surface area (TPSA) is 67.2 Å². The van der Waals surface area contributed by atoms with Gasteiger partial charge >= 0.3 is 0 Å². The molecule has 2 atom stereocenters. The van der Waals surface area contributed by atoms with Crippen LogP contribution < -0.4 is 5.32 Å². The molecule has 1 aliphatic rings. The van der Waals surface area contributed by atoms with Crippen molar-refractivity contribution in [2.24, 2.45) is 13.0 Å². The Kier molecular flexibility index (Phi) is 5.06. The maximum Gasteiger partial charge on any atom is 0.216 e. The fraction of sp³-hybridized carbons (Fsp3) is 0.786. The number of piperidine rings is 1. The van der Waals surface area contributed by atoms with E-state index in [2.05, 4.69) is 17.2 Å². The highest BCUT2D eigenvalue weighted by atomic mass is 32.2. The van der Waals surface area contributed by atoms with Crippen molar-refractivity contribution in [3.05, 3.63) is 18.2 Å². The molecule has 0 radical (unpaired) electrons. The van der Waals surface area contributed by atoms with E-state index >= 15 is 0 Å². The monoisotopic (exact) mass is 314 g/mol. The van der Waals surface area contributed by atoms with Crippen molar-refractivity contribution in [3.63, 3.8) is 0 Å². The molecule has 1 aromatic heterocycles. The molecule has 1 saturated heterocycles. The van der Waals surface area contributed by atoms with Gasteiger partial charge in [-0.05, 0) is 26.2 Å². The number of hydrogen-bond donors (Lipinski definition) is 1. The average Bonchev–Trinajstić information content (AvgIpc) is 2.82. The summed E-state index contributed by atoms with van der Waals surface area (Å²) in [4.78, 5) is 4.30. The van der Waals surface area contributed by atoms with Crippen LogP contribution in [-0.2, 0) is 23.6 Å². The molecular weight excluding hydrogens is 288 g/mol. The second-order valence-electron chi connectivity index (χ2n) is 6.16. The molecule has 120 valence electrons. The zero-order valence-electron chi connectivity index (χ0n) is 13.3. The Labute approximate surface area is 127 Å². The van der Waals surface area contributed by atoms with Crippen LogP contribution in [0.3, 0.4) is 0 Å². The molecule has 6 nitrogen and oxygen atoms in total. The SMILES string of the molecule is CC(C)S(=O)(=O)N1CC[C@@H](NCc2nccn2C)[C@@H](C)C1. The van der Waals surface area contributed by atoms with Crippen molar-refractivity contribution in [1.29, 1.82) is 0 Å². The highest BCUT2D eigenvalue weighted by Gasteiger charge is 2.33. The van der Waals surface area contributed by atoms with Gasteiger partial charge in [-0.15, -0.1) is 0 Å². The predicted octanol–water partition coefficient (Wildman–Crippen LogP) is 0.958. The van der Waals surface area contributed by atoms with Crippen molar-refractivity contribution in [2.75, 3.05) is 13.1 Å². The third-order valence-corrected chi connectivity index (χ3v) is 6.51. The Morgan fingerprint density at radius 2 is 2.19 bits per heavy atom. The van der Waals surface area contributed by atoms with Crippen LogP contribution in [0.5, 0.6) is 0 Å². The summed E-state index contributed by atoms with van der Waals surface area (Å²) in [5, 5.41) is 3.17. The fourth-order valence-electron chi connectivity index (χ4n) is 2.73. The normalized spacial score (nSPS) is 24.6. The molecule has 21 heavy (non-hydrogen) atoms. The van der Waals surface area contributed by atoms with Crippen LogP contribution in [0.4, 0.5) is 0 Å². The van der Waals surface area contributed by atoms with Crippen LogP contribution >= 0.6 is 0 Å². The second kappa shape index (κ2) is 6.46. The molecule has 0 spiro atoms. The Balaban J connectivity index is 1.91. The number of sulfonamides is 1. The van der Waals surface area contributed by atoms with E-state index < -0.39 is 10.0 Å². The molecule has 1 aliphatic heterocycles. The van der Waals surface area contributed by atoms with Crippen LogP contribution in [0.15, 0.2) is 12.4 Å². The first-order valence-electron chi connectivity index (χ1n) is 7.51. The minimum atomic E-state index is -3.13. The third-order valence-electron chi connectivity index (χ3n) is 4.27. The van der Waals surface area contributed by atoms with Gasteiger partial charge in [0.2, 0.25) is 10.0 Å². The Hall–Kier alpha value is -0.920. The number of imidazole rings is 1. The van der Waals surface area contributed by atoms with E-state index in [0.717, 1.165) is 18.8 Å². The molecule has 0 aromatic carbocycles. The number of nitrogens with zero attached hydrogens (tertiary/aromatic N) is 3. The lowest BCUT2D eigenvalue weighted by atomic mass is 9.95. The minimum Gasteiger partial charge on any atom is -0.337 e. The maximum absolute atomic E-state index is 12.2. The Morgan fingerprint density at radius 1 is 1.48 bits per heavy atom. The van der Waals surface area contributed by atoms with Gasteiger partial charge in [-0.2, -0.15) is 0 Å². The standard InChI is InChI=1S/C14H26N4O2S/c1-11(2)21(19,20)18-7-5-13(12(3)10-18)16-9-14-15-6-8-17(14)4/h6,8,11-13,16H,5,7,9-10H2,1-4H3/t12-,13+/m0/s1. The molecule has 0 saturated carbocycles. The Morgan fingerprint density at radius 3 is 2.71 bits per heavy atom. The first-order valence-corrected chi connectivity index (χ1v) is 9.01. The summed E-state index contributed by atoms with van der Waals surface area (Å²) in [5.74, 6) is 1.30. The molecule has 0 amide bonds. The van der Waals surface area contributed by atoms with Gasteiger partial charge in [-0.25, -0.2) is 17.7 Å². The molecule has 0 aliphatic carbocycles. The molecule has 1 fully saturated rings. The number of hydrogen-bond acceptors (Lipinski definition) is 4. The largest absolute Gasteiger partial charge is 0.337 e. The van der Waals surface area contributed by atoms with Crippen LogP contribution in [0.1, 0.15) is 33.0 Å². The first kappa shape index (κ1) is 16.5. The summed E-state index contributed by atoms with van der Waals surface area (Å²) in [7, 11) is -1.15. The van der Waals surface area contributed by atoms with Crippen LogP contribution in [0.25, 0.3) is 0 Å². The summed E-state index contributed by atoms with van der Waals surface area (Å²) >= 11 is 0. The average molecular weight is 314 g/mol. The van der Waals surface area contributed by atoms with E-state index in [9.17, 15) is 8.42 Å². The maximum atomic E-state index is 12.2. The van der Waals surface area contributed by atoms with Crippen LogP contribution in [-0.4, -0.2) is 46.7 Å². The summed E-state index contributed by atoms with van der Waals surface area (Å²) in [6, 6.07) is 0.334. The Bertz CT molecular complexity index is 567. The minimum absolute atomic E-state index is 0.299. The predicted molar refractivity (Wildman–Crippen MR) is 83.2 cm³/mol. The summed E-state index contributed by atoms with van der Waals surface area (Å²) < 4.78 is 28.1. The highest BCUT2D eigenvalue weighted by molar-refractivity contribution is 7.89. The fourth-order valence-corrected chi connectivity index (χ4v) is 4.13. The number of nitrogens with one attached hydrogen (secondary N) is 1. The third kappa shape index (κ3) is 3.64. The molecule has 2 rings (SSSR count). The van der Waals surface area contributed by atoms with Gasteiger partial charge < -0.3 is 9.88 Å². The van der Waals surface area contributed by atoms with Gasteiger partial charge in [0.1, 0.15) is 5.82 Å². The number of aryl methyl sites for hydroxylation is 1. The smallest absolute Gasteiger partial charge is 0.216 e. The lowest BCUT2D eigenvalue weighted by molar-refractivity contribution is 0.217. The lowest BCUT2D eigenvalue weighted by Gasteiger charge is -2.37. The summed E-state index contributed by atoms with van der Waals surface area (Å²) in [6.45, 7) is 7.51. The van der Waals surface area contributed by atoms with Gasteiger partial charge in [0.25, 0.3) is 0 Å². The molecule has 7 heteroatoms. The highest BCUT2D eigenvalue weighted by Crippen LogP contribution is 2.21. The first-order chi connectivity index (χ1) is 9.82. The lowest BCUT2D eigenvalue weighted by Crippen LogP contribution is -2.51. The zero-order valence-corrected chi connectivity index (χ0v) is 14.1. The van der Waals surface area contributed by atoms with Gasteiger partial charge in [0, 0.05) is 38.6 Å². The van der Waals surface area contributed by atoms with Crippen molar-refractivity contribution >= 4 is 10.0 Å².